The summed E-state index contributed by atoms with van der Waals surface area (Å²) in [6, 6.07) is 11.0. The van der Waals surface area contributed by atoms with E-state index >= 15 is 0 Å². The van der Waals surface area contributed by atoms with Crippen LogP contribution in [0.1, 0.15) is 25.3 Å². The number of ether oxygens (including phenoxy) is 4. The summed E-state index contributed by atoms with van der Waals surface area (Å²) in [4.78, 5) is 25.6. The van der Waals surface area contributed by atoms with Crippen molar-refractivity contribution in [3.63, 3.8) is 0 Å². The van der Waals surface area contributed by atoms with Crippen LogP contribution in [0, 0.1) is 5.82 Å². The number of benzene rings is 2. The maximum atomic E-state index is 12.9. The number of hydrogen-bond acceptors (Lipinski definition) is 6. The summed E-state index contributed by atoms with van der Waals surface area (Å²) < 4.78 is 34.9. The number of amides is 1. The third-order valence-electron chi connectivity index (χ3n) is 4.90. The van der Waals surface area contributed by atoms with Gasteiger partial charge in [-0.3, -0.25) is 4.79 Å². The maximum Gasteiger partial charge on any atom is 0.331 e. The minimum absolute atomic E-state index is 0.169. The van der Waals surface area contributed by atoms with E-state index in [9.17, 15) is 14.0 Å². The Hall–Kier alpha value is -3.55. The van der Waals surface area contributed by atoms with Crippen molar-refractivity contribution < 1.29 is 32.9 Å². The quantitative estimate of drug-likeness (QED) is 0.290. The first-order chi connectivity index (χ1) is 16.0. The van der Waals surface area contributed by atoms with Gasteiger partial charge in [0.25, 0.3) is 5.91 Å². The smallest absolute Gasteiger partial charge is 0.331 e. The third-order valence-corrected chi connectivity index (χ3v) is 4.90. The van der Waals surface area contributed by atoms with Gasteiger partial charge in [-0.1, -0.05) is 6.07 Å². The summed E-state index contributed by atoms with van der Waals surface area (Å²) in [5, 5.41) is 0. The van der Waals surface area contributed by atoms with Crippen molar-refractivity contribution in [2.75, 3.05) is 39.5 Å². The van der Waals surface area contributed by atoms with Crippen molar-refractivity contribution in [3.8, 4) is 17.2 Å². The molecular formula is C25H28FNO6. The molecule has 0 spiro atoms. The highest BCUT2D eigenvalue weighted by molar-refractivity contribution is 5.89. The lowest BCUT2D eigenvalue weighted by molar-refractivity contribution is -0.147. The van der Waals surface area contributed by atoms with Crippen LogP contribution in [0.15, 0.2) is 48.5 Å². The van der Waals surface area contributed by atoms with Crippen LogP contribution >= 0.6 is 0 Å². The van der Waals surface area contributed by atoms with Gasteiger partial charge in [0.1, 0.15) is 24.8 Å². The van der Waals surface area contributed by atoms with Gasteiger partial charge in [-0.05, 0) is 67.8 Å². The van der Waals surface area contributed by atoms with E-state index in [4.69, 9.17) is 18.9 Å². The monoisotopic (exact) mass is 457 g/mol. The summed E-state index contributed by atoms with van der Waals surface area (Å²) in [6.45, 7) is 4.04. The van der Waals surface area contributed by atoms with Crippen LogP contribution in [0.4, 0.5) is 4.39 Å². The van der Waals surface area contributed by atoms with Crippen molar-refractivity contribution in [1.82, 2.24) is 4.90 Å². The fourth-order valence-corrected chi connectivity index (χ4v) is 3.26. The van der Waals surface area contributed by atoms with E-state index in [0.717, 1.165) is 31.5 Å². The number of rotatable bonds is 11. The molecule has 2 aromatic carbocycles. The minimum atomic E-state index is -0.584. The number of esters is 1. The molecule has 33 heavy (non-hydrogen) atoms. The standard InChI is InChI=1S/C25H28FNO6/c1-2-30-23-17-19(6-12-25(29)33-18-24(28)27-13-3-4-14-27)5-11-22(23)32-16-15-31-21-9-7-20(26)8-10-21/h5-12,17H,2-4,13-16,18H2,1H3/b12-6+. The molecule has 0 unspecified atom stereocenters. The highest BCUT2D eigenvalue weighted by atomic mass is 19.1. The summed E-state index contributed by atoms with van der Waals surface area (Å²) in [7, 11) is 0. The maximum absolute atomic E-state index is 12.9. The zero-order valence-electron chi connectivity index (χ0n) is 18.6. The molecule has 2 aromatic rings. The van der Waals surface area contributed by atoms with Crippen LogP contribution < -0.4 is 14.2 Å². The van der Waals surface area contributed by atoms with Crippen LogP contribution in [-0.2, 0) is 14.3 Å². The van der Waals surface area contributed by atoms with Crippen LogP contribution in [0.3, 0.4) is 0 Å². The zero-order valence-corrected chi connectivity index (χ0v) is 18.6. The number of carbonyl (C=O) groups is 2. The molecule has 1 aliphatic heterocycles. The normalized spacial score (nSPS) is 13.2. The van der Waals surface area contributed by atoms with E-state index in [1.807, 2.05) is 6.92 Å². The van der Waals surface area contributed by atoms with E-state index in [-0.39, 0.29) is 31.5 Å². The number of likely N-dealkylation sites (tertiary alicyclic amines) is 1. The predicted octanol–water partition coefficient (Wildman–Crippen LogP) is 3.86. The van der Waals surface area contributed by atoms with Gasteiger partial charge in [0, 0.05) is 19.2 Å². The fraction of sp³-hybridized carbons (Fsp3) is 0.360. The molecular weight excluding hydrogens is 429 g/mol. The molecule has 0 atom stereocenters. The molecule has 1 amide bonds. The Kier molecular flexibility index (Phi) is 9.11. The Morgan fingerprint density at radius 2 is 1.70 bits per heavy atom. The SMILES string of the molecule is CCOc1cc(/C=C/C(=O)OCC(=O)N2CCCC2)ccc1OCCOc1ccc(F)cc1. The van der Waals surface area contributed by atoms with E-state index in [2.05, 4.69) is 0 Å². The lowest BCUT2D eigenvalue weighted by atomic mass is 10.2. The lowest BCUT2D eigenvalue weighted by Gasteiger charge is -2.14. The van der Waals surface area contributed by atoms with E-state index < -0.39 is 5.97 Å². The van der Waals surface area contributed by atoms with Crippen molar-refractivity contribution in [2.24, 2.45) is 0 Å². The van der Waals surface area contributed by atoms with Crippen LogP contribution in [0.5, 0.6) is 17.2 Å². The number of nitrogens with zero attached hydrogens (tertiary/aromatic N) is 1. The molecule has 8 heteroatoms. The van der Waals surface area contributed by atoms with Crippen LogP contribution in [-0.4, -0.2) is 56.3 Å². The Balaban J connectivity index is 1.48. The molecule has 0 aliphatic carbocycles. The highest BCUT2D eigenvalue weighted by Crippen LogP contribution is 2.29. The first kappa shape index (κ1) is 24.1. The van der Waals surface area contributed by atoms with Crippen LogP contribution in [0.25, 0.3) is 6.08 Å². The van der Waals surface area contributed by atoms with Gasteiger partial charge >= 0.3 is 5.97 Å². The summed E-state index contributed by atoms with van der Waals surface area (Å²) in [6.07, 6.45) is 4.84. The topological polar surface area (TPSA) is 74.3 Å². The van der Waals surface area contributed by atoms with E-state index in [0.29, 0.717) is 23.9 Å². The molecule has 1 saturated heterocycles. The molecule has 0 aromatic heterocycles. The van der Waals surface area contributed by atoms with Crippen molar-refractivity contribution in [2.45, 2.75) is 19.8 Å². The average molecular weight is 457 g/mol. The predicted molar refractivity (Wildman–Crippen MR) is 121 cm³/mol. The second kappa shape index (κ2) is 12.5. The van der Waals surface area contributed by atoms with E-state index in [1.54, 1.807) is 41.3 Å². The van der Waals surface area contributed by atoms with Gasteiger partial charge in [-0.25, -0.2) is 9.18 Å². The highest BCUT2D eigenvalue weighted by Gasteiger charge is 2.18. The third kappa shape index (κ3) is 7.82. The number of halogens is 1. The van der Waals surface area contributed by atoms with Gasteiger partial charge in [-0.15, -0.1) is 0 Å². The summed E-state index contributed by atoms with van der Waals surface area (Å²) in [5.41, 5.74) is 0.719. The zero-order chi connectivity index (χ0) is 23.5. The first-order valence-electron chi connectivity index (χ1n) is 11.0. The Labute approximate surface area is 192 Å². The molecule has 176 valence electrons. The second-order valence-electron chi connectivity index (χ2n) is 7.32. The van der Waals surface area contributed by atoms with Crippen molar-refractivity contribution >= 4 is 18.0 Å². The summed E-state index contributed by atoms with van der Waals surface area (Å²) in [5.74, 6) is 0.545. The molecule has 0 bridgehead atoms. The van der Waals surface area contributed by atoms with Gasteiger partial charge in [0.15, 0.2) is 18.1 Å². The minimum Gasteiger partial charge on any atom is -0.490 e. The molecule has 0 radical (unpaired) electrons. The van der Waals surface area contributed by atoms with Gasteiger partial charge in [-0.2, -0.15) is 0 Å². The fourth-order valence-electron chi connectivity index (χ4n) is 3.26. The molecule has 0 saturated carbocycles. The molecule has 7 nitrogen and oxygen atoms in total. The molecule has 1 aliphatic rings. The van der Waals surface area contributed by atoms with Gasteiger partial charge in [0.2, 0.25) is 0 Å². The largest absolute Gasteiger partial charge is 0.490 e. The van der Waals surface area contributed by atoms with Crippen molar-refractivity contribution in [3.05, 3.63) is 59.9 Å². The number of hydrogen-bond donors (Lipinski definition) is 0. The van der Waals surface area contributed by atoms with Gasteiger partial charge < -0.3 is 23.8 Å². The average Bonchev–Trinajstić information content (AvgIpc) is 3.36. The molecule has 1 heterocycles. The van der Waals surface area contributed by atoms with Gasteiger partial charge in [0.05, 0.1) is 6.61 Å². The number of carbonyl (C=O) groups excluding carboxylic acids is 2. The Morgan fingerprint density at radius 1 is 0.970 bits per heavy atom. The molecule has 1 fully saturated rings. The molecule has 0 N–H and O–H groups in total. The van der Waals surface area contributed by atoms with E-state index in [1.165, 1.54) is 18.2 Å². The molecule has 3 rings (SSSR count). The van der Waals surface area contributed by atoms with Crippen LogP contribution in [0.2, 0.25) is 0 Å². The first-order valence-corrected chi connectivity index (χ1v) is 11.0. The van der Waals surface area contributed by atoms with Crippen molar-refractivity contribution in [1.29, 1.82) is 0 Å². The Morgan fingerprint density at radius 3 is 2.42 bits per heavy atom. The second-order valence-corrected chi connectivity index (χ2v) is 7.32. The lowest BCUT2D eigenvalue weighted by Crippen LogP contribution is -2.31. The summed E-state index contributed by atoms with van der Waals surface area (Å²) >= 11 is 0. The Bertz CT molecular complexity index is 954.